The Kier molecular flexibility index (Phi) is 8.16. The van der Waals surface area contributed by atoms with Gasteiger partial charge in [0.1, 0.15) is 11.5 Å². The zero-order valence-electron chi connectivity index (χ0n) is 17.0. The van der Waals surface area contributed by atoms with Crippen molar-refractivity contribution in [3.63, 3.8) is 0 Å². The molecule has 0 aromatic heterocycles. The maximum absolute atomic E-state index is 14.1. The zero-order chi connectivity index (χ0) is 23.2. The van der Waals surface area contributed by atoms with Gasteiger partial charge in [-0.05, 0) is 55.0 Å². The van der Waals surface area contributed by atoms with Crippen molar-refractivity contribution in [2.45, 2.75) is 44.1 Å². The molecule has 0 fully saturated rings. The van der Waals surface area contributed by atoms with Crippen molar-refractivity contribution in [2.75, 3.05) is 12.4 Å². The van der Waals surface area contributed by atoms with Gasteiger partial charge < -0.3 is 14.2 Å². The summed E-state index contributed by atoms with van der Waals surface area (Å²) in [6.45, 7) is 3.58. The Labute approximate surface area is 180 Å². The van der Waals surface area contributed by atoms with Crippen LogP contribution in [0.3, 0.4) is 0 Å². The number of aryl methyl sites for hydroxylation is 1. The number of hydrogen-bond donors (Lipinski definition) is 0. The SMILES string of the molecule is CC(=O)OC(C)Oc1ccc(SCC(F)(F)COc2ccc(C(F)(F)F)cc2)cc1C. The fourth-order valence-corrected chi connectivity index (χ4v) is 3.33. The Morgan fingerprint density at radius 1 is 1.06 bits per heavy atom. The third kappa shape index (κ3) is 8.28. The molecule has 2 aromatic carbocycles. The number of alkyl halides is 5. The van der Waals surface area contributed by atoms with E-state index in [-0.39, 0.29) is 5.75 Å². The van der Waals surface area contributed by atoms with E-state index < -0.39 is 42.3 Å². The number of ether oxygens (including phenoxy) is 3. The van der Waals surface area contributed by atoms with Gasteiger partial charge in [-0.15, -0.1) is 11.8 Å². The van der Waals surface area contributed by atoms with Crippen LogP contribution in [0, 0.1) is 6.92 Å². The minimum Gasteiger partial charge on any atom is -0.487 e. The van der Waals surface area contributed by atoms with E-state index in [1.807, 2.05) is 0 Å². The van der Waals surface area contributed by atoms with Gasteiger partial charge >= 0.3 is 12.1 Å². The molecule has 10 heteroatoms. The molecule has 0 saturated carbocycles. The normalized spacial score (nSPS) is 12.9. The minimum absolute atomic E-state index is 0.0723. The van der Waals surface area contributed by atoms with Gasteiger partial charge in [0.15, 0.2) is 6.61 Å². The zero-order valence-corrected chi connectivity index (χ0v) is 17.8. The van der Waals surface area contributed by atoms with Crippen molar-refractivity contribution < 1.29 is 41.0 Å². The lowest BCUT2D eigenvalue weighted by molar-refractivity contribution is -0.158. The molecule has 0 spiro atoms. The second kappa shape index (κ2) is 10.2. The summed E-state index contributed by atoms with van der Waals surface area (Å²) < 4.78 is 81.2. The van der Waals surface area contributed by atoms with Crippen LogP contribution < -0.4 is 9.47 Å². The van der Waals surface area contributed by atoms with Crippen LogP contribution in [0.1, 0.15) is 25.0 Å². The molecule has 0 amide bonds. The number of thioether (sulfide) groups is 1. The standard InChI is InChI=1S/C21H21F5O4S/c1-13-10-18(8-9-19(13)30-15(3)29-14(2)27)31-12-20(22,23)11-28-17-6-4-16(5-7-17)21(24,25)26/h4-10,15H,11-12H2,1-3H3. The highest BCUT2D eigenvalue weighted by Crippen LogP contribution is 2.32. The maximum Gasteiger partial charge on any atom is 0.416 e. The first-order valence-corrected chi connectivity index (χ1v) is 10.1. The van der Waals surface area contributed by atoms with Crippen LogP contribution in [0.2, 0.25) is 0 Å². The molecule has 170 valence electrons. The molecule has 0 radical (unpaired) electrons. The summed E-state index contributed by atoms with van der Waals surface area (Å²) >= 11 is 0.901. The van der Waals surface area contributed by atoms with Gasteiger partial charge in [-0.3, -0.25) is 4.79 Å². The predicted molar refractivity (Wildman–Crippen MR) is 106 cm³/mol. The maximum atomic E-state index is 14.1. The molecule has 1 atom stereocenters. The van der Waals surface area contributed by atoms with Crippen LogP contribution in [0.25, 0.3) is 0 Å². The highest BCUT2D eigenvalue weighted by molar-refractivity contribution is 7.99. The Morgan fingerprint density at radius 3 is 2.26 bits per heavy atom. The van der Waals surface area contributed by atoms with Gasteiger partial charge in [0, 0.05) is 18.7 Å². The predicted octanol–water partition coefficient (Wildman–Crippen LogP) is 6.11. The minimum atomic E-state index is -4.50. The van der Waals surface area contributed by atoms with Crippen molar-refractivity contribution >= 4 is 17.7 Å². The summed E-state index contributed by atoms with van der Waals surface area (Å²) in [4.78, 5) is 11.5. The quantitative estimate of drug-likeness (QED) is 0.194. The number of hydrogen-bond acceptors (Lipinski definition) is 5. The summed E-state index contributed by atoms with van der Waals surface area (Å²) in [5.74, 6) is -3.90. The molecule has 0 aliphatic heterocycles. The third-order valence-electron chi connectivity index (χ3n) is 3.85. The highest BCUT2D eigenvalue weighted by Gasteiger charge is 2.32. The van der Waals surface area contributed by atoms with Crippen molar-refractivity contribution in [3.8, 4) is 11.5 Å². The van der Waals surface area contributed by atoms with E-state index in [2.05, 4.69) is 0 Å². The summed E-state index contributed by atoms with van der Waals surface area (Å²) in [6.07, 6.45) is -5.29. The van der Waals surface area contributed by atoms with Crippen molar-refractivity contribution in [1.29, 1.82) is 0 Å². The second-order valence-corrected chi connectivity index (χ2v) is 7.73. The van der Waals surface area contributed by atoms with Crippen LogP contribution in [0.15, 0.2) is 47.4 Å². The van der Waals surface area contributed by atoms with Gasteiger partial charge in [-0.2, -0.15) is 13.2 Å². The first-order chi connectivity index (χ1) is 14.4. The summed E-state index contributed by atoms with van der Waals surface area (Å²) in [5.41, 5.74) is -0.208. The van der Waals surface area contributed by atoms with Gasteiger partial charge in [-0.25, -0.2) is 8.78 Å². The first-order valence-electron chi connectivity index (χ1n) is 9.11. The average Bonchev–Trinajstić information content (AvgIpc) is 2.66. The van der Waals surface area contributed by atoms with Crippen LogP contribution in [0.5, 0.6) is 11.5 Å². The topological polar surface area (TPSA) is 44.8 Å². The molecule has 0 N–H and O–H groups in total. The number of carbonyl (C=O) groups is 1. The monoisotopic (exact) mass is 464 g/mol. The molecule has 1 unspecified atom stereocenters. The lowest BCUT2D eigenvalue weighted by atomic mass is 10.2. The Bertz CT molecular complexity index is 884. The van der Waals surface area contributed by atoms with Crippen molar-refractivity contribution in [2.24, 2.45) is 0 Å². The van der Waals surface area contributed by atoms with Crippen LogP contribution in [-0.4, -0.2) is 30.5 Å². The summed E-state index contributed by atoms with van der Waals surface area (Å²) in [7, 11) is 0. The van der Waals surface area contributed by atoms with Crippen LogP contribution >= 0.6 is 11.8 Å². The lowest BCUT2D eigenvalue weighted by Crippen LogP contribution is -2.28. The highest BCUT2D eigenvalue weighted by atomic mass is 32.2. The molecule has 0 aliphatic rings. The molecule has 4 nitrogen and oxygen atoms in total. The smallest absolute Gasteiger partial charge is 0.416 e. The Balaban J connectivity index is 1.88. The molecule has 0 heterocycles. The third-order valence-corrected chi connectivity index (χ3v) is 5.01. The molecule has 0 bridgehead atoms. The Morgan fingerprint density at radius 2 is 1.71 bits per heavy atom. The van der Waals surface area contributed by atoms with E-state index in [0.29, 0.717) is 16.2 Å². The van der Waals surface area contributed by atoms with Crippen LogP contribution in [-0.2, 0) is 15.7 Å². The van der Waals surface area contributed by atoms with Crippen LogP contribution in [0.4, 0.5) is 22.0 Å². The molecular weight excluding hydrogens is 443 g/mol. The van der Waals surface area contributed by atoms with E-state index in [1.54, 1.807) is 32.0 Å². The van der Waals surface area contributed by atoms with E-state index in [9.17, 15) is 26.7 Å². The van der Waals surface area contributed by atoms with E-state index >= 15 is 0 Å². The summed E-state index contributed by atoms with van der Waals surface area (Å²) in [5, 5.41) is 0. The van der Waals surface area contributed by atoms with Crippen molar-refractivity contribution in [1.82, 2.24) is 0 Å². The molecule has 0 aliphatic carbocycles. The van der Waals surface area contributed by atoms with E-state index in [1.165, 1.54) is 6.92 Å². The number of halogens is 5. The molecular formula is C21H21F5O4S. The summed E-state index contributed by atoms with van der Waals surface area (Å²) in [6, 6.07) is 8.41. The second-order valence-electron chi connectivity index (χ2n) is 6.68. The number of esters is 1. The fourth-order valence-electron chi connectivity index (χ4n) is 2.44. The molecule has 2 rings (SSSR count). The van der Waals surface area contributed by atoms with Gasteiger partial charge in [-0.1, -0.05) is 0 Å². The molecule has 2 aromatic rings. The average molecular weight is 464 g/mol. The van der Waals surface area contributed by atoms with Gasteiger partial charge in [0.25, 0.3) is 5.92 Å². The molecule has 31 heavy (non-hydrogen) atoms. The lowest BCUT2D eigenvalue weighted by Gasteiger charge is -2.18. The number of rotatable bonds is 9. The fraction of sp³-hybridized carbons (Fsp3) is 0.381. The largest absolute Gasteiger partial charge is 0.487 e. The van der Waals surface area contributed by atoms with E-state index in [0.717, 1.165) is 36.0 Å². The van der Waals surface area contributed by atoms with E-state index in [4.69, 9.17) is 14.2 Å². The number of carbonyl (C=O) groups excluding carboxylic acids is 1. The Hall–Kier alpha value is -2.49. The van der Waals surface area contributed by atoms with Gasteiger partial charge in [0.05, 0.1) is 11.3 Å². The molecule has 0 saturated heterocycles. The first kappa shape index (κ1) is 24.8. The van der Waals surface area contributed by atoms with Crippen molar-refractivity contribution in [3.05, 3.63) is 53.6 Å². The number of benzene rings is 2. The van der Waals surface area contributed by atoms with Gasteiger partial charge in [0.2, 0.25) is 6.29 Å².